The van der Waals surface area contributed by atoms with Gasteiger partial charge in [0.1, 0.15) is 23.1 Å². The van der Waals surface area contributed by atoms with Gasteiger partial charge >= 0.3 is 6.03 Å². The zero-order chi connectivity index (χ0) is 31.1. The normalized spacial score (nSPS) is 13.8. The van der Waals surface area contributed by atoms with E-state index in [9.17, 15) is 22.0 Å². The molecule has 0 spiro atoms. The van der Waals surface area contributed by atoms with Crippen LogP contribution in [0.3, 0.4) is 0 Å². The standard InChI is InChI=1S/C33H34F2N4O4S.ClH/c1-44(41,42)37-29-10-16-32(17-11-29)43-31-14-4-24(5-15-31)22-38-20-18-28(19-21-38)36-33(40)39(30-12-8-27(35)9-13-30)23-25-2-6-26(34)7-3-25;/h2-17,28,37H,18-23H2,1H3,(H,36,40);1H. The molecule has 1 aliphatic rings. The van der Waals surface area contributed by atoms with Crippen LogP contribution in [0.1, 0.15) is 24.0 Å². The maximum Gasteiger partial charge on any atom is 0.322 e. The van der Waals surface area contributed by atoms with Gasteiger partial charge in [-0.15, -0.1) is 12.4 Å². The van der Waals surface area contributed by atoms with E-state index in [1.165, 1.54) is 24.3 Å². The number of likely N-dealkylation sites (tertiary alicyclic amines) is 1. The van der Waals surface area contributed by atoms with Crippen molar-refractivity contribution in [2.45, 2.75) is 32.0 Å². The molecule has 2 amide bonds. The molecule has 45 heavy (non-hydrogen) atoms. The highest BCUT2D eigenvalue weighted by Gasteiger charge is 2.24. The maximum absolute atomic E-state index is 13.6. The van der Waals surface area contributed by atoms with Crippen LogP contribution in [0.2, 0.25) is 0 Å². The molecule has 1 aliphatic heterocycles. The number of piperidine rings is 1. The third kappa shape index (κ3) is 10.2. The largest absolute Gasteiger partial charge is 0.457 e. The fourth-order valence-corrected chi connectivity index (χ4v) is 5.59. The Labute approximate surface area is 268 Å². The van der Waals surface area contributed by atoms with Crippen LogP contribution in [-0.2, 0) is 23.1 Å². The van der Waals surface area contributed by atoms with Gasteiger partial charge in [-0.1, -0.05) is 24.3 Å². The van der Waals surface area contributed by atoms with E-state index in [1.54, 1.807) is 53.4 Å². The lowest BCUT2D eigenvalue weighted by atomic mass is 10.0. The smallest absolute Gasteiger partial charge is 0.322 e. The van der Waals surface area contributed by atoms with Crippen molar-refractivity contribution in [3.63, 3.8) is 0 Å². The van der Waals surface area contributed by atoms with Crippen molar-refractivity contribution in [2.75, 3.05) is 29.0 Å². The van der Waals surface area contributed by atoms with Gasteiger partial charge in [0.05, 0.1) is 12.8 Å². The average Bonchev–Trinajstić information content (AvgIpc) is 3.00. The molecule has 238 valence electrons. The Balaban J connectivity index is 0.00000461. The van der Waals surface area contributed by atoms with Crippen LogP contribution in [0.5, 0.6) is 11.5 Å². The maximum atomic E-state index is 13.6. The Morgan fingerprint density at radius 2 is 1.33 bits per heavy atom. The highest BCUT2D eigenvalue weighted by atomic mass is 35.5. The first kappa shape index (κ1) is 33.7. The molecule has 0 bridgehead atoms. The van der Waals surface area contributed by atoms with Crippen LogP contribution in [0.25, 0.3) is 0 Å². The highest BCUT2D eigenvalue weighted by Crippen LogP contribution is 2.25. The molecule has 0 aromatic heterocycles. The number of sulfonamides is 1. The van der Waals surface area contributed by atoms with Gasteiger partial charge in [0.2, 0.25) is 10.0 Å². The van der Waals surface area contributed by atoms with E-state index in [4.69, 9.17) is 4.74 Å². The minimum absolute atomic E-state index is 0. The van der Waals surface area contributed by atoms with Gasteiger partial charge in [-0.3, -0.25) is 14.5 Å². The van der Waals surface area contributed by atoms with Crippen molar-refractivity contribution in [1.82, 2.24) is 10.2 Å². The number of halogens is 3. The van der Waals surface area contributed by atoms with E-state index in [2.05, 4.69) is 14.9 Å². The summed E-state index contributed by atoms with van der Waals surface area (Å²) >= 11 is 0. The molecular weight excluding hydrogens is 622 g/mol. The molecule has 0 aliphatic carbocycles. The number of hydrogen-bond acceptors (Lipinski definition) is 5. The molecule has 0 unspecified atom stereocenters. The summed E-state index contributed by atoms with van der Waals surface area (Å²) in [5.41, 5.74) is 2.92. The Morgan fingerprint density at radius 1 is 0.822 bits per heavy atom. The number of nitrogens with one attached hydrogen (secondary N) is 2. The summed E-state index contributed by atoms with van der Waals surface area (Å²) in [5.74, 6) is 0.527. The van der Waals surface area contributed by atoms with Gasteiger partial charge in [-0.05, 0) is 96.8 Å². The molecule has 1 heterocycles. The van der Waals surface area contributed by atoms with E-state index in [-0.39, 0.29) is 42.7 Å². The predicted octanol–water partition coefficient (Wildman–Crippen LogP) is 6.93. The van der Waals surface area contributed by atoms with Crippen molar-refractivity contribution in [3.8, 4) is 11.5 Å². The second kappa shape index (κ2) is 15.2. The van der Waals surface area contributed by atoms with E-state index in [0.717, 1.165) is 49.9 Å². The SMILES string of the molecule is CS(=O)(=O)Nc1ccc(Oc2ccc(CN3CCC(NC(=O)N(Cc4ccc(F)cc4)c4ccc(F)cc4)CC3)cc2)cc1.Cl. The summed E-state index contributed by atoms with van der Waals surface area (Å²) in [7, 11) is -3.34. The molecule has 0 atom stereocenters. The highest BCUT2D eigenvalue weighted by molar-refractivity contribution is 7.92. The minimum Gasteiger partial charge on any atom is -0.457 e. The lowest BCUT2D eigenvalue weighted by molar-refractivity contribution is 0.188. The van der Waals surface area contributed by atoms with Gasteiger partial charge in [-0.2, -0.15) is 0 Å². The topological polar surface area (TPSA) is 91.0 Å². The Kier molecular flexibility index (Phi) is 11.4. The zero-order valence-electron chi connectivity index (χ0n) is 24.7. The third-order valence-electron chi connectivity index (χ3n) is 7.28. The average molecular weight is 657 g/mol. The zero-order valence-corrected chi connectivity index (χ0v) is 26.3. The first-order chi connectivity index (χ1) is 21.1. The second-order valence-corrected chi connectivity index (χ2v) is 12.6. The first-order valence-electron chi connectivity index (χ1n) is 14.2. The molecular formula is C33H35ClF2N4O4S. The third-order valence-corrected chi connectivity index (χ3v) is 7.88. The number of hydrogen-bond donors (Lipinski definition) is 2. The first-order valence-corrected chi connectivity index (χ1v) is 16.1. The molecule has 0 saturated carbocycles. The quantitative estimate of drug-likeness (QED) is 0.193. The van der Waals surface area contributed by atoms with Crippen molar-refractivity contribution in [1.29, 1.82) is 0 Å². The monoisotopic (exact) mass is 656 g/mol. The summed E-state index contributed by atoms with van der Waals surface area (Å²) in [5, 5.41) is 3.14. The summed E-state index contributed by atoms with van der Waals surface area (Å²) < 4.78 is 58.0. The van der Waals surface area contributed by atoms with Gasteiger partial charge < -0.3 is 10.1 Å². The van der Waals surface area contributed by atoms with Crippen LogP contribution in [0.4, 0.5) is 25.0 Å². The lowest BCUT2D eigenvalue weighted by Gasteiger charge is -2.34. The molecule has 1 saturated heterocycles. The summed E-state index contributed by atoms with van der Waals surface area (Å²) in [6, 6.07) is 25.9. The van der Waals surface area contributed by atoms with Gasteiger partial charge in [-0.25, -0.2) is 22.0 Å². The van der Waals surface area contributed by atoms with Crippen molar-refractivity contribution < 1.29 is 26.7 Å². The van der Waals surface area contributed by atoms with Gasteiger partial charge in [0.25, 0.3) is 0 Å². The number of carbonyl (C=O) groups excluding carboxylic acids is 1. The molecule has 0 radical (unpaired) electrons. The van der Waals surface area contributed by atoms with E-state index < -0.39 is 10.0 Å². The van der Waals surface area contributed by atoms with Crippen LogP contribution in [0.15, 0.2) is 97.1 Å². The number of amides is 2. The molecule has 1 fully saturated rings. The number of benzene rings is 4. The molecule has 5 rings (SSSR count). The number of ether oxygens (including phenoxy) is 1. The van der Waals surface area contributed by atoms with Crippen LogP contribution in [-0.4, -0.2) is 44.7 Å². The van der Waals surface area contributed by atoms with Crippen molar-refractivity contribution in [2.24, 2.45) is 0 Å². The predicted molar refractivity (Wildman–Crippen MR) is 174 cm³/mol. The number of rotatable bonds is 10. The Morgan fingerprint density at radius 3 is 1.89 bits per heavy atom. The van der Waals surface area contributed by atoms with Crippen LogP contribution in [0, 0.1) is 11.6 Å². The number of urea groups is 1. The van der Waals surface area contributed by atoms with E-state index >= 15 is 0 Å². The fourth-order valence-electron chi connectivity index (χ4n) is 5.02. The Hall–Kier alpha value is -4.19. The van der Waals surface area contributed by atoms with E-state index in [0.29, 0.717) is 22.9 Å². The number of carbonyl (C=O) groups is 1. The van der Waals surface area contributed by atoms with Crippen molar-refractivity contribution >= 4 is 39.8 Å². The number of nitrogens with zero attached hydrogens (tertiary/aromatic N) is 2. The van der Waals surface area contributed by atoms with E-state index in [1.807, 2.05) is 24.3 Å². The molecule has 2 N–H and O–H groups in total. The molecule has 8 nitrogen and oxygen atoms in total. The molecule has 4 aromatic carbocycles. The summed E-state index contributed by atoms with van der Waals surface area (Å²) in [6.07, 6.45) is 2.67. The minimum atomic E-state index is -3.34. The summed E-state index contributed by atoms with van der Waals surface area (Å²) in [4.78, 5) is 17.3. The van der Waals surface area contributed by atoms with Gasteiger partial charge in [0.15, 0.2) is 0 Å². The lowest BCUT2D eigenvalue weighted by Crippen LogP contribution is -2.49. The summed E-state index contributed by atoms with van der Waals surface area (Å²) in [6.45, 7) is 2.61. The molecule has 4 aromatic rings. The Bertz CT molecular complexity index is 1650. The molecule has 12 heteroatoms. The second-order valence-electron chi connectivity index (χ2n) is 10.8. The van der Waals surface area contributed by atoms with Crippen LogP contribution >= 0.6 is 12.4 Å². The van der Waals surface area contributed by atoms with Crippen LogP contribution < -0.4 is 19.7 Å². The van der Waals surface area contributed by atoms with Gasteiger partial charge in [0, 0.05) is 37.1 Å². The van der Waals surface area contributed by atoms with Crippen molar-refractivity contribution in [3.05, 3.63) is 120 Å². The fraction of sp³-hybridized carbons (Fsp3) is 0.242. The number of anilines is 2.